The van der Waals surface area contributed by atoms with Gasteiger partial charge in [-0.2, -0.15) is 0 Å². The Balaban J connectivity index is 1.63. The number of hydrogen-bond donors (Lipinski definition) is 1. The first-order valence-corrected chi connectivity index (χ1v) is 6.75. The minimum absolute atomic E-state index is 0.0183. The van der Waals surface area contributed by atoms with E-state index in [0.717, 1.165) is 5.56 Å². The van der Waals surface area contributed by atoms with Gasteiger partial charge in [-0.3, -0.25) is 0 Å². The summed E-state index contributed by atoms with van der Waals surface area (Å²) in [5, 5.41) is 9.96. The van der Waals surface area contributed by atoms with Crippen molar-refractivity contribution in [1.29, 1.82) is 0 Å². The summed E-state index contributed by atoms with van der Waals surface area (Å²) in [7, 11) is 3.18. The van der Waals surface area contributed by atoms with Crippen molar-refractivity contribution in [1.82, 2.24) is 0 Å². The minimum atomic E-state index is -0.613. The van der Waals surface area contributed by atoms with Gasteiger partial charge in [-0.1, -0.05) is 30.3 Å². The molecule has 1 fully saturated rings. The van der Waals surface area contributed by atoms with Crippen molar-refractivity contribution >= 4 is 0 Å². The zero-order valence-corrected chi connectivity index (χ0v) is 11.9. The number of methoxy groups -OCH3 is 2. The molecule has 0 unspecified atom stereocenters. The van der Waals surface area contributed by atoms with Crippen molar-refractivity contribution in [3.8, 4) is 0 Å². The van der Waals surface area contributed by atoms with Gasteiger partial charge in [0.25, 0.3) is 0 Å². The van der Waals surface area contributed by atoms with Gasteiger partial charge in [-0.05, 0) is 5.56 Å². The van der Waals surface area contributed by atoms with Crippen LogP contribution in [0.15, 0.2) is 30.3 Å². The number of epoxide rings is 1. The van der Waals surface area contributed by atoms with E-state index >= 15 is 0 Å². The summed E-state index contributed by atoms with van der Waals surface area (Å²) in [5.41, 5.74) is 1.09. The standard InChI is InChI=1S/C15H22O5/c1-17-14(18-2)8-13-15(20-13)12(16)10-19-9-11-6-4-3-5-7-11/h3-7,12-16H,8-10H2,1-2H3/t12-,13-,15+/m0/s1. The van der Waals surface area contributed by atoms with Crippen molar-refractivity contribution in [2.75, 3.05) is 20.8 Å². The molecule has 0 aliphatic carbocycles. The van der Waals surface area contributed by atoms with Crippen LogP contribution in [0.1, 0.15) is 12.0 Å². The Labute approximate surface area is 119 Å². The molecule has 1 aromatic rings. The van der Waals surface area contributed by atoms with Gasteiger partial charge in [0.2, 0.25) is 0 Å². The molecule has 3 atom stereocenters. The van der Waals surface area contributed by atoms with E-state index in [4.69, 9.17) is 18.9 Å². The maximum absolute atomic E-state index is 9.96. The summed E-state index contributed by atoms with van der Waals surface area (Å²) in [6, 6.07) is 9.87. The van der Waals surface area contributed by atoms with Gasteiger partial charge in [0.1, 0.15) is 12.2 Å². The quantitative estimate of drug-likeness (QED) is 0.547. The van der Waals surface area contributed by atoms with Gasteiger partial charge in [-0.25, -0.2) is 0 Å². The van der Waals surface area contributed by atoms with Gasteiger partial charge in [0.15, 0.2) is 6.29 Å². The molecule has 5 nitrogen and oxygen atoms in total. The highest BCUT2D eigenvalue weighted by molar-refractivity contribution is 5.13. The second kappa shape index (κ2) is 7.71. The lowest BCUT2D eigenvalue weighted by Crippen LogP contribution is -2.25. The summed E-state index contributed by atoms with van der Waals surface area (Å²) in [4.78, 5) is 0. The third-order valence-corrected chi connectivity index (χ3v) is 3.35. The first kappa shape index (κ1) is 15.4. The molecular weight excluding hydrogens is 260 g/mol. The zero-order valence-electron chi connectivity index (χ0n) is 11.9. The van der Waals surface area contributed by atoms with Gasteiger partial charge < -0.3 is 24.1 Å². The first-order valence-electron chi connectivity index (χ1n) is 6.75. The van der Waals surface area contributed by atoms with Crippen LogP contribution in [0.5, 0.6) is 0 Å². The van der Waals surface area contributed by atoms with Crippen molar-refractivity contribution in [2.24, 2.45) is 0 Å². The van der Waals surface area contributed by atoms with Crippen LogP contribution in [0.4, 0.5) is 0 Å². The second-order valence-electron chi connectivity index (χ2n) is 4.84. The van der Waals surface area contributed by atoms with Crippen LogP contribution in [0.25, 0.3) is 0 Å². The SMILES string of the molecule is COC(C[C@@H]1O[C@@H]1[C@@H](O)COCc1ccccc1)OC. The Morgan fingerprint density at radius 2 is 1.90 bits per heavy atom. The van der Waals surface area contributed by atoms with E-state index in [1.807, 2.05) is 30.3 Å². The summed E-state index contributed by atoms with van der Waals surface area (Å²) in [6.07, 6.45) is -0.484. The highest BCUT2D eigenvalue weighted by Gasteiger charge is 2.45. The van der Waals surface area contributed by atoms with Crippen molar-refractivity contribution in [3.63, 3.8) is 0 Å². The van der Waals surface area contributed by atoms with Crippen LogP contribution in [-0.2, 0) is 25.6 Å². The van der Waals surface area contributed by atoms with Crippen LogP contribution in [0.3, 0.4) is 0 Å². The topological polar surface area (TPSA) is 60.5 Å². The molecule has 0 radical (unpaired) electrons. The molecule has 0 spiro atoms. The van der Waals surface area contributed by atoms with E-state index in [9.17, 15) is 5.11 Å². The molecule has 0 aromatic heterocycles. The molecule has 1 aliphatic heterocycles. The Hall–Kier alpha value is -0.980. The summed E-state index contributed by atoms with van der Waals surface area (Å²) in [5.74, 6) is 0. The Bertz CT molecular complexity index is 379. The zero-order chi connectivity index (χ0) is 14.4. The molecule has 2 rings (SSSR count). The maximum atomic E-state index is 9.96. The fourth-order valence-corrected chi connectivity index (χ4v) is 2.13. The lowest BCUT2D eigenvalue weighted by molar-refractivity contribution is -0.109. The second-order valence-corrected chi connectivity index (χ2v) is 4.84. The van der Waals surface area contributed by atoms with Crippen LogP contribution >= 0.6 is 0 Å². The Morgan fingerprint density at radius 3 is 2.55 bits per heavy atom. The van der Waals surface area contributed by atoms with E-state index < -0.39 is 6.10 Å². The van der Waals surface area contributed by atoms with Gasteiger partial charge in [-0.15, -0.1) is 0 Å². The number of benzene rings is 1. The molecular formula is C15H22O5. The molecule has 0 saturated carbocycles. The maximum Gasteiger partial charge on any atom is 0.159 e. The predicted octanol–water partition coefficient (Wildman–Crippen LogP) is 1.34. The summed E-state index contributed by atoms with van der Waals surface area (Å²) in [6.45, 7) is 0.759. The molecule has 1 aromatic carbocycles. The number of rotatable bonds is 9. The average Bonchev–Trinajstić information content (AvgIpc) is 3.25. The van der Waals surface area contributed by atoms with Crippen LogP contribution in [0, 0.1) is 0 Å². The average molecular weight is 282 g/mol. The van der Waals surface area contributed by atoms with Gasteiger partial charge in [0.05, 0.1) is 19.3 Å². The Kier molecular flexibility index (Phi) is 5.94. The molecule has 0 bridgehead atoms. The van der Waals surface area contributed by atoms with E-state index in [-0.39, 0.29) is 25.1 Å². The fraction of sp³-hybridized carbons (Fsp3) is 0.600. The molecule has 20 heavy (non-hydrogen) atoms. The largest absolute Gasteiger partial charge is 0.388 e. The Morgan fingerprint density at radius 1 is 1.20 bits per heavy atom. The van der Waals surface area contributed by atoms with E-state index in [0.29, 0.717) is 13.0 Å². The summed E-state index contributed by atoms with van der Waals surface area (Å²) < 4.78 is 21.1. The molecule has 1 aliphatic rings. The van der Waals surface area contributed by atoms with Crippen molar-refractivity contribution < 1.29 is 24.1 Å². The lowest BCUT2D eigenvalue weighted by atomic mass is 10.1. The lowest BCUT2D eigenvalue weighted by Gasteiger charge is -2.12. The normalized spacial score (nSPS) is 23.0. The molecule has 5 heteroatoms. The van der Waals surface area contributed by atoms with Crippen LogP contribution in [-0.4, -0.2) is 50.5 Å². The number of hydrogen-bond acceptors (Lipinski definition) is 5. The smallest absolute Gasteiger partial charge is 0.159 e. The molecule has 1 N–H and O–H groups in total. The van der Waals surface area contributed by atoms with Crippen molar-refractivity contribution in [2.45, 2.75) is 37.6 Å². The minimum Gasteiger partial charge on any atom is -0.388 e. The molecule has 1 saturated heterocycles. The third-order valence-electron chi connectivity index (χ3n) is 3.35. The highest BCUT2D eigenvalue weighted by atomic mass is 16.7. The van der Waals surface area contributed by atoms with Crippen LogP contribution in [0.2, 0.25) is 0 Å². The fourth-order valence-electron chi connectivity index (χ4n) is 2.13. The first-order chi connectivity index (χ1) is 9.74. The highest BCUT2D eigenvalue weighted by Crippen LogP contribution is 2.30. The molecule has 112 valence electrons. The van der Waals surface area contributed by atoms with Crippen molar-refractivity contribution in [3.05, 3.63) is 35.9 Å². The van der Waals surface area contributed by atoms with E-state index in [2.05, 4.69) is 0 Å². The van der Waals surface area contributed by atoms with Gasteiger partial charge in [0, 0.05) is 20.6 Å². The number of aliphatic hydroxyl groups excluding tert-OH is 1. The van der Waals surface area contributed by atoms with E-state index in [1.54, 1.807) is 14.2 Å². The molecule has 1 heterocycles. The van der Waals surface area contributed by atoms with Gasteiger partial charge >= 0.3 is 0 Å². The number of ether oxygens (including phenoxy) is 4. The predicted molar refractivity (Wildman–Crippen MR) is 73.2 cm³/mol. The summed E-state index contributed by atoms with van der Waals surface area (Å²) >= 11 is 0. The van der Waals surface area contributed by atoms with E-state index in [1.165, 1.54) is 0 Å². The molecule has 0 amide bonds. The third kappa shape index (κ3) is 4.54. The monoisotopic (exact) mass is 282 g/mol. The van der Waals surface area contributed by atoms with Crippen LogP contribution < -0.4 is 0 Å². The number of aliphatic hydroxyl groups is 1.